The van der Waals surface area contributed by atoms with E-state index in [0.29, 0.717) is 0 Å². The van der Waals surface area contributed by atoms with E-state index in [1.165, 1.54) is 89.9 Å². The molecule has 2 heteroatoms. The summed E-state index contributed by atoms with van der Waals surface area (Å²) in [5.41, 5.74) is 0. The van der Waals surface area contributed by atoms with E-state index in [2.05, 4.69) is 57.2 Å². The minimum Gasteiger partial charge on any atom is -0.393 e. The fourth-order valence-corrected chi connectivity index (χ4v) is 6.48. The Hall–Kier alpha value is 0.690. The first-order valence-corrected chi connectivity index (χ1v) is 14.9. The maximum Gasteiger partial charge on any atom is 0.0542 e. The number of hydrogen-bond acceptors (Lipinski definition) is 1. The lowest BCUT2D eigenvalue weighted by Gasteiger charge is -2.29. The molecule has 0 aromatic heterocycles. The van der Waals surface area contributed by atoms with E-state index in [9.17, 15) is 5.11 Å². The molecule has 1 rings (SSSR count). The van der Waals surface area contributed by atoms with Gasteiger partial charge in [0, 0.05) is 3.92 Å². The van der Waals surface area contributed by atoms with Crippen LogP contribution in [0.25, 0.3) is 0 Å². The summed E-state index contributed by atoms with van der Waals surface area (Å²) >= 11 is 2.66. The normalized spacial score (nSPS) is 24.0. The molecule has 1 nitrogen and oxygen atoms in total. The summed E-state index contributed by atoms with van der Waals surface area (Å²) in [4.78, 5) is 0. The standard InChI is InChI=1S/C28H55IO/c1-6-8-11-26(20-22(3)4)21-28(30)13-10-9-12-27(23(5)29)19-18-25-16-14-24(7-2)15-17-25/h22-28,30H,6-21H2,1-5H3/t23-,24?,25?,26?,27?,28?/m1/s1. The second-order valence-electron chi connectivity index (χ2n) is 11.1. The van der Waals surface area contributed by atoms with E-state index in [-0.39, 0.29) is 6.10 Å². The van der Waals surface area contributed by atoms with Crippen LogP contribution in [0.15, 0.2) is 0 Å². The smallest absolute Gasteiger partial charge is 0.0542 e. The Morgan fingerprint density at radius 1 is 0.800 bits per heavy atom. The van der Waals surface area contributed by atoms with Gasteiger partial charge in [0.25, 0.3) is 0 Å². The Balaban J connectivity index is 2.24. The summed E-state index contributed by atoms with van der Waals surface area (Å²) in [6.07, 6.45) is 21.3. The van der Waals surface area contributed by atoms with E-state index < -0.39 is 0 Å². The lowest BCUT2D eigenvalue weighted by Crippen LogP contribution is -2.18. The minimum absolute atomic E-state index is 0.0742. The highest BCUT2D eigenvalue weighted by molar-refractivity contribution is 14.1. The van der Waals surface area contributed by atoms with Crippen LogP contribution in [-0.4, -0.2) is 15.1 Å². The van der Waals surface area contributed by atoms with Crippen molar-refractivity contribution in [2.45, 2.75) is 147 Å². The van der Waals surface area contributed by atoms with Gasteiger partial charge in [-0.25, -0.2) is 0 Å². The average Bonchev–Trinajstić information content (AvgIpc) is 2.71. The topological polar surface area (TPSA) is 20.2 Å². The number of unbranched alkanes of at least 4 members (excludes halogenated alkanes) is 2. The van der Waals surface area contributed by atoms with Crippen LogP contribution < -0.4 is 0 Å². The van der Waals surface area contributed by atoms with Gasteiger partial charge in [-0.05, 0) is 61.7 Å². The number of hydrogen-bond donors (Lipinski definition) is 1. The third kappa shape index (κ3) is 13.3. The van der Waals surface area contributed by atoms with Crippen molar-refractivity contribution in [2.75, 3.05) is 0 Å². The van der Waals surface area contributed by atoms with Crippen LogP contribution in [0.3, 0.4) is 0 Å². The second kappa shape index (κ2) is 17.2. The second-order valence-corrected chi connectivity index (χ2v) is 13.1. The molecule has 0 saturated heterocycles. The van der Waals surface area contributed by atoms with Crippen LogP contribution in [0.1, 0.15) is 137 Å². The van der Waals surface area contributed by atoms with E-state index in [1.54, 1.807) is 0 Å². The summed E-state index contributed by atoms with van der Waals surface area (Å²) in [7, 11) is 0. The largest absolute Gasteiger partial charge is 0.393 e. The summed E-state index contributed by atoms with van der Waals surface area (Å²) in [6.45, 7) is 11.7. The zero-order valence-corrected chi connectivity index (χ0v) is 23.3. The molecule has 1 saturated carbocycles. The molecule has 30 heavy (non-hydrogen) atoms. The van der Waals surface area contributed by atoms with Gasteiger partial charge < -0.3 is 5.11 Å². The molecule has 1 N–H and O–H groups in total. The predicted molar refractivity (Wildman–Crippen MR) is 144 cm³/mol. The van der Waals surface area contributed by atoms with Gasteiger partial charge in [0.1, 0.15) is 0 Å². The van der Waals surface area contributed by atoms with Crippen molar-refractivity contribution in [3.05, 3.63) is 0 Å². The number of rotatable bonds is 17. The first-order valence-electron chi connectivity index (χ1n) is 13.7. The molecular weight excluding hydrogens is 479 g/mol. The molecule has 1 aliphatic rings. The molecule has 0 heterocycles. The highest BCUT2D eigenvalue weighted by atomic mass is 127. The third-order valence-electron chi connectivity index (χ3n) is 7.88. The van der Waals surface area contributed by atoms with Crippen LogP contribution in [0, 0.1) is 29.6 Å². The van der Waals surface area contributed by atoms with Crippen molar-refractivity contribution in [3.8, 4) is 0 Å². The zero-order valence-electron chi connectivity index (χ0n) is 21.2. The molecule has 1 aliphatic carbocycles. The van der Waals surface area contributed by atoms with Gasteiger partial charge in [0.05, 0.1) is 6.10 Å². The maximum atomic E-state index is 10.6. The predicted octanol–water partition coefficient (Wildman–Crippen LogP) is 9.59. The minimum atomic E-state index is -0.0742. The van der Waals surface area contributed by atoms with Crippen molar-refractivity contribution < 1.29 is 5.11 Å². The highest BCUT2D eigenvalue weighted by Gasteiger charge is 2.22. The average molecular weight is 535 g/mol. The Kier molecular flexibility index (Phi) is 16.5. The van der Waals surface area contributed by atoms with Gasteiger partial charge in [-0.15, -0.1) is 0 Å². The quantitative estimate of drug-likeness (QED) is 0.112. The van der Waals surface area contributed by atoms with E-state index >= 15 is 0 Å². The lowest BCUT2D eigenvalue weighted by atomic mass is 9.77. The molecule has 0 aromatic carbocycles. The molecule has 180 valence electrons. The molecule has 4 atom stereocenters. The number of aliphatic hydroxyl groups excluding tert-OH is 1. The van der Waals surface area contributed by atoms with Crippen molar-refractivity contribution in [3.63, 3.8) is 0 Å². The maximum absolute atomic E-state index is 10.6. The number of alkyl halides is 1. The van der Waals surface area contributed by atoms with E-state index in [1.807, 2.05) is 0 Å². The highest BCUT2D eigenvalue weighted by Crippen LogP contribution is 2.35. The molecule has 0 aromatic rings. The number of halogens is 1. The van der Waals surface area contributed by atoms with E-state index in [4.69, 9.17) is 0 Å². The van der Waals surface area contributed by atoms with Crippen molar-refractivity contribution in [1.82, 2.24) is 0 Å². The van der Waals surface area contributed by atoms with Crippen molar-refractivity contribution in [1.29, 1.82) is 0 Å². The fraction of sp³-hybridized carbons (Fsp3) is 1.00. The Labute approximate surface area is 204 Å². The molecule has 0 spiro atoms. The van der Waals surface area contributed by atoms with Gasteiger partial charge in [0.2, 0.25) is 0 Å². The Bertz CT molecular complexity index is 386. The molecular formula is C28H55IO. The first-order chi connectivity index (χ1) is 14.3. The molecule has 0 radical (unpaired) electrons. The zero-order chi connectivity index (χ0) is 22.4. The Morgan fingerprint density at radius 2 is 1.43 bits per heavy atom. The van der Waals surface area contributed by atoms with Crippen LogP contribution >= 0.6 is 22.6 Å². The van der Waals surface area contributed by atoms with Crippen molar-refractivity contribution in [2.24, 2.45) is 29.6 Å². The first kappa shape index (κ1) is 28.7. The van der Waals surface area contributed by atoms with Crippen LogP contribution in [0.4, 0.5) is 0 Å². The Morgan fingerprint density at radius 3 is 2.00 bits per heavy atom. The molecule has 3 unspecified atom stereocenters. The van der Waals surface area contributed by atoms with Gasteiger partial charge in [-0.2, -0.15) is 0 Å². The van der Waals surface area contributed by atoms with Crippen LogP contribution in [0.2, 0.25) is 0 Å². The summed E-state index contributed by atoms with van der Waals surface area (Å²) in [6, 6.07) is 0. The third-order valence-corrected chi connectivity index (χ3v) is 8.89. The van der Waals surface area contributed by atoms with Gasteiger partial charge in [-0.1, -0.05) is 128 Å². The van der Waals surface area contributed by atoms with Gasteiger partial charge >= 0.3 is 0 Å². The fourth-order valence-electron chi connectivity index (χ4n) is 5.76. The number of aliphatic hydroxyl groups is 1. The lowest BCUT2D eigenvalue weighted by molar-refractivity contribution is 0.120. The molecule has 0 aliphatic heterocycles. The monoisotopic (exact) mass is 534 g/mol. The molecule has 1 fully saturated rings. The van der Waals surface area contributed by atoms with Gasteiger partial charge in [-0.3, -0.25) is 0 Å². The van der Waals surface area contributed by atoms with Gasteiger partial charge in [0.15, 0.2) is 0 Å². The van der Waals surface area contributed by atoms with E-state index in [0.717, 1.165) is 46.4 Å². The molecule has 0 bridgehead atoms. The molecule has 0 amide bonds. The van der Waals surface area contributed by atoms with Crippen LogP contribution in [-0.2, 0) is 0 Å². The SMILES string of the molecule is CCCCC(CC(C)C)CC(O)CCCCC(CCC1CCC(CC)CC1)[C@@H](C)I. The van der Waals surface area contributed by atoms with Crippen molar-refractivity contribution >= 4 is 22.6 Å². The summed E-state index contributed by atoms with van der Waals surface area (Å²) in [5.74, 6) is 4.39. The summed E-state index contributed by atoms with van der Waals surface area (Å²) < 4.78 is 0.781. The van der Waals surface area contributed by atoms with Crippen LogP contribution in [0.5, 0.6) is 0 Å². The summed E-state index contributed by atoms with van der Waals surface area (Å²) in [5, 5.41) is 10.6.